The zero-order chi connectivity index (χ0) is 13.3. The topological polar surface area (TPSA) is 32.3 Å². The van der Waals surface area contributed by atoms with Crippen molar-refractivity contribution < 1.29 is 4.79 Å². The van der Waals surface area contributed by atoms with Gasteiger partial charge in [-0.1, -0.05) is 29.8 Å². The zero-order valence-electron chi connectivity index (χ0n) is 11.6. The monoisotopic (exact) mass is 258 g/mol. The second-order valence-electron chi connectivity index (χ2n) is 6.15. The molecule has 1 spiro atoms. The molecular weight excluding hydrogens is 236 g/mol. The first-order valence-electron chi connectivity index (χ1n) is 7.21. The van der Waals surface area contributed by atoms with Gasteiger partial charge in [-0.05, 0) is 31.9 Å². The SMILES string of the molecule is Cc1ccc(CC(=O)N2CCC3(CCNC3)C2)cc1. The lowest BCUT2D eigenvalue weighted by atomic mass is 9.86. The van der Waals surface area contributed by atoms with Crippen LogP contribution >= 0.6 is 0 Å². The number of hydrogen-bond acceptors (Lipinski definition) is 2. The maximum absolute atomic E-state index is 12.3. The fourth-order valence-electron chi connectivity index (χ4n) is 3.28. The summed E-state index contributed by atoms with van der Waals surface area (Å²) in [7, 11) is 0. The van der Waals surface area contributed by atoms with E-state index in [2.05, 4.69) is 41.4 Å². The van der Waals surface area contributed by atoms with E-state index in [0.29, 0.717) is 11.8 Å². The Morgan fingerprint density at radius 1 is 1.32 bits per heavy atom. The second kappa shape index (κ2) is 4.97. The van der Waals surface area contributed by atoms with Gasteiger partial charge < -0.3 is 10.2 Å². The molecule has 1 N–H and O–H groups in total. The number of carbonyl (C=O) groups is 1. The van der Waals surface area contributed by atoms with E-state index in [4.69, 9.17) is 0 Å². The molecule has 102 valence electrons. The molecule has 1 amide bonds. The lowest BCUT2D eigenvalue weighted by Gasteiger charge is -2.22. The van der Waals surface area contributed by atoms with Crippen molar-refractivity contribution >= 4 is 5.91 Å². The van der Waals surface area contributed by atoms with E-state index in [9.17, 15) is 4.79 Å². The highest BCUT2D eigenvalue weighted by Gasteiger charge is 2.41. The summed E-state index contributed by atoms with van der Waals surface area (Å²) < 4.78 is 0. The second-order valence-corrected chi connectivity index (χ2v) is 6.15. The van der Waals surface area contributed by atoms with Crippen molar-refractivity contribution in [3.8, 4) is 0 Å². The highest BCUT2D eigenvalue weighted by Crippen LogP contribution is 2.36. The molecule has 0 bridgehead atoms. The molecule has 2 aliphatic heterocycles. The maximum atomic E-state index is 12.3. The van der Waals surface area contributed by atoms with Crippen LogP contribution < -0.4 is 5.32 Å². The predicted molar refractivity (Wildman–Crippen MR) is 76.0 cm³/mol. The lowest BCUT2D eigenvalue weighted by molar-refractivity contribution is -0.129. The van der Waals surface area contributed by atoms with Crippen LogP contribution in [0, 0.1) is 12.3 Å². The molecule has 0 radical (unpaired) electrons. The number of rotatable bonds is 2. The number of nitrogens with one attached hydrogen (secondary N) is 1. The first kappa shape index (κ1) is 12.7. The molecular formula is C16H22N2O. The Hall–Kier alpha value is -1.35. The highest BCUT2D eigenvalue weighted by molar-refractivity contribution is 5.79. The summed E-state index contributed by atoms with van der Waals surface area (Å²) in [4.78, 5) is 14.4. The molecule has 2 aliphatic rings. The summed E-state index contributed by atoms with van der Waals surface area (Å²) in [6.07, 6.45) is 2.94. The maximum Gasteiger partial charge on any atom is 0.227 e. The van der Waals surface area contributed by atoms with Gasteiger partial charge in [-0.3, -0.25) is 4.79 Å². The first-order valence-corrected chi connectivity index (χ1v) is 7.21. The summed E-state index contributed by atoms with van der Waals surface area (Å²) in [5.41, 5.74) is 2.75. The quantitative estimate of drug-likeness (QED) is 0.876. The number of carbonyl (C=O) groups excluding carboxylic acids is 1. The number of amides is 1. The van der Waals surface area contributed by atoms with E-state index < -0.39 is 0 Å². The van der Waals surface area contributed by atoms with Crippen LogP contribution in [0.5, 0.6) is 0 Å². The summed E-state index contributed by atoms with van der Waals surface area (Å²) in [5.74, 6) is 0.285. The predicted octanol–water partition coefficient (Wildman–Crippen LogP) is 1.75. The molecule has 2 fully saturated rings. The van der Waals surface area contributed by atoms with E-state index in [1.807, 2.05) is 0 Å². The number of aryl methyl sites for hydroxylation is 1. The van der Waals surface area contributed by atoms with Gasteiger partial charge in [0, 0.05) is 25.0 Å². The third-order valence-corrected chi connectivity index (χ3v) is 4.60. The van der Waals surface area contributed by atoms with Crippen LogP contribution in [0.1, 0.15) is 24.0 Å². The van der Waals surface area contributed by atoms with Crippen LogP contribution in [0.4, 0.5) is 0 Å². The Morgan fingerprint density at radius 3 is 2.79 bits per heavy atom. The Balaban J connectivity index is 1.61. The Labute approximate surface area is 115 Å². The Morgan fingerprint density at radius 2 is 2.11 bits per heavy atom. The van der Waals surface area contributed by atoms with E-state index >= 15 is 0 Å². The fraction of sp³-hybridized carbons (Fsp3) is 0.562. The summed E-state index contributed by atoms with van der Waals surface area (Å²) in [6, 6.07) is 8.29. The van der Waals surface area contributed by atoms with Crippen LogP contribution in [0.2, 0.25) is 0 Å². The number of hydrogen-bond donors (Lipinski definition) is 1. The number of nitrogens with zero attached hydrogens (tertiary/aromatic N) is 1. The van der Waals surface area contributed by atoms with Crippen LogP contribution in [-0.4, -0.2) is 37.0 Å². The molecule has 3 heteroatoms. The van der Waals surface area contributed by atoms with Crippen molar-refractivity contribution in [2.45, 2.75) is 26.2 Å². The van der Waals surface area contributed by atoms with Crippen molar-refractivity contribution in [1.82, 2.24) is 10.2 Å². The Kier molecular flexibility index (Phi) is 3.31. The third kappa shape index (κ3) is 2.66. The summed E-state index contributed by atoms with van der Waals surface area (Å²) in [6.45, 7) is 6.15. The van der Waals surface area contributed by atoms with E-state index in [0.717, 1.165) is 31.7 Å². The highest BCUT2D eigenvalue weighted by atomic mass is 16.2. The minimum absolute atomic E-state index is 0.285. The van der Waals surface area contributed by atoms with Crippen molar-refractivity contribution in [1.29, 1.82) is 0 Å². The largest absolute Gasteiger partial charge is 0.342 e. The van der Waals surface area contributed by atoms with Gasteiger partial charge in [0.1, 0.15) is 0 Å². The molecule has 1 atom stereocenters. The smallest absolute Gasteiger partial charge is 0.227 e. The summed E-state index contributed by atoms with van der Waals surface area (Å²) in [5, 5.41) is 3.43. The van der Waals surface area contributed by atoms with Crippen molar-refractivity contribution in [2.75, 3.05) is 26.2 Å². The molecule has 0 saturated carbocycles. The molecule has 2 saturated heterocycles. The van der Waals surface area contributed by atoms with Gasteiger partial charge in [0.2, 0.25) is 5.91 Å². The first-order chi connectivity index (χ1) is 9.17. The molecule has 1 aromatic rings. The van der Waals surface area contributed by atoms with Gasteiger partial charge in [0.25, 0.3) is 0 Å². The molecule has 1 unspecified atom stereocenters. The third-order valence-electron chi connectivity index (χ3n) is 4.60. The van der Waals surface area contributed by atoms with E-state index in [1.165, 1.54) is 18.4 Å². The standard InChI is InChI=1S/C16H22N2O/c1-13-2-4-14(5-3-13)10-15(19)18-9-7-16(12-18)6-8-17-11-16/h2-5,17H,6-12H2,1H3. The molecule has 0 aliphatic carbocycles. The molecule has 0 aromatic heterocycles. The van der Waals surface area contributed by atoms with Gasteiger partial charge in [0.15, 0.2) is 0 Å². The van der Waals surface area contributed by atoms with Crippen molar-refractivity contribution in [2.24, 2.45) is 5.41 Å². The zero-order valence-corrected chi connectivity index (χ0v) is 11.6. The van der Waals surface area contributed by atoms with Gasteiger partial charge in [0.05, 0.1) is 6.42 Å². The van der Waals surface area contributed by atoms with Crippen molar-refractivity contribution in [3.05, 3.63) is 35.4 Å². The molecule has 1 aromatic carbocycles. The number of likely N-dealkylation sites (tertiary alicyclic amines) is 1. The van der Waals surface area contributed by atoms with Crippen LogP contribution in [0.15, 0.2) is 24.3 Å². The van der Waals surface area contributed by atoms with Crippen LogP contribution in [0.25, 0.3) is 0 Å². The van der Waals surface area contributed by atoms with Crippen LogP contribution in [0.3, 0.4) is 0 Å². The van der Waals surface area contributed by atoms with Crippen molar-refractivity contribution in [3.63, 3.8) is 0 Å². The number of benzene rings is 1. The molecule has 2 heterocycles. The van der Waals surface area contributed by atoms with Gasteiger partial charge in [-0.15, -0.1) is 0 Å². The van der Waals surface area contributed by atoms with E-state index in [1.54, 1.807) is 0 Å². The summed E-state index contributed by atoms with van der Waals surface area (Å²) >= 11 is 0. The average molecular weight is 258 g/mol. The fourth-order valence-corrected chi connectivity index (χ4v) is 3.28. The van der Waals surface area contributed by atoms with Crippen LogP contribution in [-0.2, 0) is 11.2 Å². The average Bonchev–Trinajstić information content (AvgIpc) is 3.03. The van der Waals surface area contributed by atoms with E-state index in [-0.39, 0.29) is 5.91 Å². The minimum Gasteiger partial charge on any atom is -0.342 e. The lowest BCUT2D eigenvalue weighted by Crippen LogP contribution is -2.34. The van der Waals surface area contributed by atoms with Gasteiger partial charge in [-0.25, -0.2) is 0 Å². The normalized spacial score (nSPS) is 26.3. The minimum atomic E-state index is 0.285. The van der Waals surface area contributed by atoms with Gasteiger partial charge in [-0.2, -0.15) is 0 Å². The molecule has 19 heavy (non-hydrogen) atoms. The van der Waals surface area contributed by atoms with Gasteiger partial charge >= 0.3 is 0 Å². The molecule has 3 rings (SSSR count). The molecule has 3 nitrogen and oxygen atoms in total. The Bertz CT molecular complexity index is 460.